The van der Waals surface area contributed by atoms with Crippen LogP contribution in [0.15, 0.2) is 85.1 Å². The van der Waals surface area contributed by atoms with E-state index in [4.69, 9.17) is 9.47 Å². The summed E-state index contributed by atoms with van der Waals surface area (Å²) in [5.41, 5.74) is 0. The molecule has 1 fully saturated rings. The number of hydrogen-bond donors (Lipinski definition) is 6. The Hall–Kier alpha value is -2.63. The molecule has 0 aromatic rings. The van der Waals surface area contributed by atoms with Crippen LogP contribution in [0, 0.1) is 0 Å². The maximum Gasteiger partial charge on any atom is 0.220 e. The molecule has 0 spiro atoms. The molecule has 1 rings (SSSR count). The molecule has 0 aromatic carbocycles. The molecule has 0 radical (unpaired) electrons. The lowest BCUT2D eigenvalue weighted by Gasteiger charge is -2.40. The van der Waals surface area contributed by atoms with Crippen LogP contribution in [0.5, 0.6) is 0 Å². The van der Waals surface area contributed by atoms with Crippen LogP contribution in [0.3, 0.4) is 0 Å². The van der Waals surface area contributed by atoms with Crippen LogP contribution in [-0.4, -0.2) is 87.5 Å². The van der Waals surface area contributed by atoms with Crippen LogP contribution in [0.2, 0.25) is 0 Å². The van der Waals surface area contributed by atoms with Crippen molar-refractivity contribution in [2.45, 2.75) is 249 Å². The van der Waals surface area contributed by atoms with Gasteiger partial charge < -0.3 is 40.3 Å². The molecule has 9 nitrogen and oxygen atoms in total. The van der Waals surface area contributed by atoms with E-state index < -0.39 is 49.5 Å². The topological polar surface area (TPSA) is 149 Å². The maximum absolute atomic E-state index is 12.9. The second-order valence-electron chi connectivity index (χ2n) is 17.9. The summed E-state index contributed by atoms with van der Waals surface area (Å²) in [6.07, 6.45) is 56.4. The van der Waals surface area contributed by atoms with Crippen molar-refractivity contribution < 1.29 is 39.8 Å². The van der Waals surface area contributed by atoms with Gasteiger partial charge in [-0.25, -0.2) is 0 Å². The van der Waals surface area contributed by atoms with Gasteiger partial charge in [-0.1, -0.05) is 214 Å². The number of aliphatic hydroxyl groups excluding tert-OH is 5. The van der Waals surface area contributed by atoms with Crippen LogP contribution in [0.1, 0.15) is 206 Å². The van der Waals surface area contributed by atoms with Gasteiger partial charge >= 0.3 is 0 Å². The van der Waals surface area contributed by atoms with Crippen molar-refractivity contribution in [1.29, 1.82) is 0 Å². The first kappa shape index (κ1) is 60.4. The van der Waals surface area contributed by atoms with Crippen LogP contribution < -0.4 is 5.32 Å². The highest BCUT2D eigenvalue weighted by Crippen LogP contribution is 2.23. The molecule has 1 saturated heterocycles. The minimum atomic E-state index is -1.55. The average Bonchev–Trinajstić information content (AvgIpc) is 3.31. The van der Waals surface area contributed by atoms with Gasteiger partial charge in [0.05, 0.1) is 25.4 Å². The number of allylic oxidation sites excluding steroid dienone is 14. The standard InChI is InChI=1S/C56H97NO8/c1-3-5-7-9-11-12-13-14-15-16-17-18-19-20-21-22-23-24-25-26-27-28-29-30-31-32-33-34-35-36-37-38-40-42-44-46-52(60)57-49(50(59)45-43-41-39-10-8-6-4-2)48-64-56-55(63)54(62)53(61)51(47-58)65-56/h5,7,11-12,14-15,17-18,20-21,23-24,26-27,49-51,53-56,58-59,61-63H,3-4,6,8-10,13,16,19,22,25,28-48H2,1-2H3,(H,57,60)/b7-5-,12-11-,15-14-,18-17-,21-20-,24-23-,27-26-. The first-order valence-corrected chi connectivity index (χ1v) is 26.3. The third kappa shape index (κ3) is 35.2. The number of carbonyl (C=O) groups is 1. The van der Waals surface area contributed by atoms with E-state index in [2.05, 4.69) is 104 Å². The van der Waals surface area contributed by atoms with Gasteiger partial charge in [0, 0.05) is 6.42 Å². The van der Waals surface area contributed by atoms with Crippen LogP contribution >= 0.6 is 0 Å². The van der Waals surface area contributed by atoms with E-state index in [9.17, 15) is 30.3 Å². The van der Waals surface area contributed by atoms with Gasteiger partial charge in [0.1, 0.15) is 24.4 Å². The number of carbonyl (C=O) groups excluding carboxylic acids is 1. The number of unbranched alkanes of at least 4 members (excludes halogenated alkanes) is 19. The summed E-state index contributed by atoms with van der Waals surface area (Å²) in [5, 5.41) is 54.1. The smallest absolute Gasteiger partial charge is 0.220 e. The summed E-state index contributed by atoms with van der Waals surface area (Å²) in [7, 11) is 0. The minimum Gasteiger partial charge on any atom is -0.394 e. The Balaban J connectivity index is 2.08. The molecule has 0 aromatic heterocycles. The highest BCUT2D eigenvalue weighted by molar-refractivity contribution is 5.76. The molecular formula is C56H97NO8. The molecule has 374 valence electrons. The average molecular weight is 912 g/mol. The zero-order valence-corrected chi connectivity index (χ0v) is 41.2. The lowest BCUT2D eigenvalue weighted by molar-refractivity contribution is -0.302. The van der Waals surface area contributed by atoms with E-state index in [0.29, 0.717) is 12.8 Å². The van der Waals surface area contributed by atoms with Crippen molar-refractivity contribution in [3.63, 3.8) is 0 Å². The molecule has 1 heterocycles. The second-order valence-corrected chi connectivity index (χ2v) is 17.9. The summed E-state index contributed by atoms with van der Waals surface area (Å²) < 4.78 is 11.2. The third-order valence-electron chi connectivity index (χ3n) is 12.0. The molecule has 6 N–H and O–H groups in total. The molecular weight excluding hydrogens is 815 g/mol. The van der Waals surface area contributed by atoms with E-state index in [1.54, 1.807) is 0 Å². The zero-order valence-electron chi connectivity index (χ0n) is 41.2. The molecule has 7 unspecified atom stereocenters. The summed E-state index contributed by atoms with van der Waals surface area (Å²) in [6.45, 7) is 3.66. The monoisotopic (exact) mass is 912 g/mol. The van der Waals surface area contributed by atoms with Crippen molar-refractivity contribution in [2.75, 3.05) is 13.2 Å². The van der Waals surface area contributed by atoms with E-state index in [1.165, 1.54) is 96.3 Å². The number of aliphatic hydroxyl groups is 5. The quantitative estimate of drug-likeness (QED) is 0.0262. The fraction of sp³-hybridized carbons (Fsp3) is 0.732. The Morgan fingerprint density at radius 2 is 0.954 bits per heavy atom. The lowest BCUT2D eigenvalue weighted by Crippen LogP contribution is -2.60. The number of hydrogen-bond acceptors (Lipinski definition) is 8. The number of rotatable bonds is 43. The molecule has 1 aliphatic rings. The van der Waals surface area contributed by atoms with Gasteiger partial charge in [0.15, 0.2) is 6.29 Å². The Labute approximate surface area is 397 Å². The molecule has 7 atom stereocenters. The van der Waals surface area contributed by atoms with E-state index >= 15 is 0 Å². The van der Waals surface area contributed by atoms with Crippen molar-refractivity contribution in [2.24, 2.45) is 0 Å². The van der Waals surface area contributed by atoms with Crippen molar-refractivity contribution in [1.82, 2.24) is 5.32 Å². The number of amides is 1. The van der Waals surface area contributed by atoms with E-state index in [0.717, 1.165) is 83.5 Å². The van der Waals surface area contributed by atoms with Gasteiger partial charge in [0.2, 0.25) is 5.91 Å². The highest BCUT2D eigenvalue weighted by Gasteiger charge is 2.44. The molecule has 0 bridgehead atoms. The predicted molar refractivity (Wildman–Crippen MR) is 271 cm³/mol. The molecule has 1 aliphatic heterocycles. The molecule has 1 amide bonds. The highest BCUT2D eigenvalue weighted by atomic mass is 16.7. The normalized spacial score (nSPS) is 20.6. The molecule has 9 heteroatoms. The van der Waals surface area contributed by atoms with Gasteiger partial charge in [-0.05, 0) is 70.6 Å². The van der Waals surface area contributed by atoms with Crippen molar-refractivity contribution in [3.8, 4) is 0 Å². The first-order chi connectivity index (χ1) is 31.8. The van der Waals surface area contributed by atoms with Crippen molar-refractivity contribution in [3.05, 3.63) is 85.1 Å². The Morgan fingerprint density at radius 1 is 0.538 bits per heavy atom. The van der Waals surface area contributed by atoms with Gasteiger partial charge in [-0.2, -0.15) is 0 Å². The molecule has 65 heavy (non-hydrogen) atoms. The van der Waals surface area contributed by atoms with Gasteiger partial charge in [-0.15, -0.1) is 0 Å². The summed E-state index contributed by atoms with van der Waals surface area (Å²) in [4.78, 5) is 12.9. The SMILES string of the molecule is CC/C=C\C/C=C\C/C=C\C/C=C\C/C=C\C/C=C\C/C=C\CCCCCCCCCCCCCCCC(=O)NC(COC1OC(CO)C(O)C(O)C1O)C(O)CCCCCCCCC. The van der Waals surface area contributed by atoms with E-state index in [1.807, 2.05) is 0 Å². The summed E-state index contributed by atoms with van der Waals surface area (Å²) in [6, 6.07) is -0.720. The van der Waals surface area contributed by atoms with Crippen molar-refractivity contribution >= 4 is 5.91 Å². The van der Waals surface area contributed by atoms with Crippen LogP contribution in [0.25, 0.3) is 0 Å². The zero-order chi connectivity index (χ0) is 47.3. The predicted octanol–water partition coefficient (Wildman–Crippen LogP) is 12.3. The van der Waals surface area contributed by atoms with Crippen LogP contribution in [-0.2, 0) is 14.3 Å². The summed E-state index contributed by atoms with van der Waals surface area (Å²) in [5.74, 6) is -0.153. The number of ether oxygens (including phenoxy) is 2. The van der Waals surface area contributed by atoms with E-state index in [-0.39, 0.29) is 12.5 Å². The Morgan fingerprint density at radius 3 is 1.42 bits per heavy atom. The minimum absolute atomic E-state index is 0.142. The third-order valence-corrected chi connectivity index (χ3v) is 12.0. The first-order valence-electron chi connectivity index (χ1n) is 26.3. The maximum atomic E-state index is 12.9. The lowest BCUT2D eigenvalue weighted by atomic mass is 9.99. The Kier molecular flexibility index (Phi) is 42.0. The van der Waals surface area contributed by atoms with Crippen LogP contribution in [0.4, 0.5) is 0 Å². The van der Waals surface area contributed by atoms with Gasteiger partial charge in [0.25, 0.3) is 0 Å². The molecule has 0 saturated carbocycles. The largest absolute Gasteiger partial charge is 0.394 e. The second kappa shape index (κ2) is 45.2. The number of nitrogens with one attached hydrogen (secondary N) is 1. The van der Waals surface area contributed by atoms with Gasteiger partial charge in [-0.3, -0.25) is 4.79 Å². The molecule has 0 aliphatic carbocycles. The fourth-order valence-corrected chi connectivity index (χ4v) is 7.85. The summed E-state index contributed by atoms with van der Waals surface area (Å²) >= 11 is 0. The Bertz CT molecular complexity index is 1290. The fourth-order valence-electron chi connectivity index (χ4n) is 7.85.